The summed E-state index contributed by atoms with van der Waals surface area (Å²) >= 11 is 36.3. The predicted octanol–water partition coefficient (Wildman–Crippen LogP) is 7.29. The van der Waals surface area contributed by atoms with Crippen LogP contribution in [0.15, 0.2) is 54.1 Å². The number of carbonyl (C=O) groups excluding carboxylic acids is 4. The molecule has 5 amide bonds. The molecule has 0 unspecified atom stereocenters. The van der Waals surface area contributed by atoms with Gasteiger partial charge in [-0.3, -0.25) is 19.7 Å². The summed E-state index contributed by atoms with van der Waals surface area (Å²) in [6.07, 6.45) is 1.20. The van der Waals surface area contributed by atoms with Gasteiger partial charge in [0.05, 0.1) is 35.8 Å². The van der Waals surface area contributed by atoms with E-state index in [0.29, 0.717) is 10.7 Å². The lowest BCUT2D eigenvalue weighted by Gasteiger charge is -2.26. The molecule has 0 atom stereocenters. The summed E-state index contributed by atoms with van der Waals surface area (Å²) in [5.74, 6) is -2.36. The number of carbonyl (C=O) groups is 4. The third-order valence-electron chi connectivity index (χ3n) is 5.15. The molecule has 1 fully saturated rings. The van der Waals surface area contributed by atoms with Gasteiger partial charge in [0.2, 0.25) is 0 Å². The summed E-state index contributed by atoms with van der Waals surface area (Å²) in [5.41, 5.74) is 0.382. The second-order valence-corrected chi connectivity index (χ2v) is 10.3. The van der Waals surface area contributed by atoms with Crippen molar-refractivity contribution in [3.05, 3.63) is 89.8 Å². The molecule has 3 aromatic rings. The zero-order chi connectivity index (χ0) is 28.4. The molecule has 0 saturated carbocycles. The SMILES string of the molecule is O=C(COc1c(Cl)cc(/C=C2/C(=O)NC(=O)N(c3ccc(Cl)c(Cl)c3)C2=O)cc1Cl)Nc1ccc(Cl)c(Cl)c1. The van der Waals surface area contributed by atoms with E-state index >= 15 is 0 Å². The third-order valence-corrected chi connectivity index (χ3v) is 7.19. The summed E-state index contributed by atoms with van der Waals surface area (Å²) in [6.45, 7) is -0.443. The number of imide groups is 2. The zero-order valence-corrected chi connectivity index (χ0v) is 23.7. The highest BCUT2D eigenvalue weighted by molar-refractivity contribution is 6.43. The lowest BCUT2D eigenvalue weighted by Crippen LogP contribution is -2.54. The first-order valence-electron chi connectivity index (χ1n) is 10.7. The van der Waals surface area contributed by atoms with Gasteiger partial charge in [-0.05, 0) is 60.2 Å². The fourth-order valence-electron chi connectivity index (χ4n) is 3.39. The van der Waals surface area contributed by atoms with Gasteiger partial charge in [-0.2, -0.15) is 0 Å². The van der Waals surface area contributed by atoms with E-state index < -0.39 is 30.4 Å². The van der Waals surface area contributed by atoms with E-state index in [1.165, 1.54) is 48.5 Å². The van der Waals surface area contributed by atoms with Crippen molar-refractivity contribution >= 4 is 111 Å². The molecule has 2 N–H and O–H groups in total. The molecule has 8 nitrogen and oxygen atoms in total. The number of amides is 5. The number of ether oxygens (including phenoxy) is 1. The molecule has 0 spiro atoms. The number of hydrogen-bond donors (Lipinski definition) is 2. The van der Waals surface area contributed by atoms with E-state index in [2.05, 4.69) is 10.6 Å². The van der Waals surface area contributed by atoms with Crippen molar-refractivity contribution < 1.29 is 23.9 Å². The summed E-state index contributed by atoms with van der Waals surface area (Å²) in [5, 5.41) is 5.61. The molecule has 39 heavy (non-hydrogen) atoms. The van der Waals surface area contributed by atoms with Crippen molar-refractivity contribution in [3.8, 4) is 5.75 Å². The molecule has 1 aliphatic heterocycles. The van der Waals surface area contributed by atoms with Gasteiger partial charge in [0.15, 0.2) is 12.4 Å². The minimum atomic E-state index is -0.959. The van der Waals surface area contributed by atoms with Crippen molar-refractivity contribution in [1.82, 2.24) is 5.32 Å². The monoisotopic (exact) mass is 645 g/mol. The minimum Gasteiger partial charge on any atom is -0.481 e. The quantitative estimate of drug-likeness (QED) is 0.216. The van der Waals surface area contributed by atoms with Gasteiger partial charge >= 0.3 is 6.03 Å². The molecule has 0 aliphatic carbocycles. The highest BCUT2D eigenvalue weighted by Crippen LogP contribution is 2.36. The van der Waals surface area contributed by atoms with E-state index in [9.17, 15) is 19.2 Å². The highest BCUT2D eigenvalue weighted by atomic mass is 35.5. The molecule has 1 heterocycles. The maximum Gasteiger partial charge on any atom is 0.335 e. The van der Waals surface area contributed by atoms with Crippen LogP contribution < -0.4 is 20.3 Å². The highest BCUT2D eigenvalue weighted by Gasteiger charge is 2.37. The standard InChI is InChI=1S/C25H13Cl6N3O5/c26-15-3-1-12(8-17(15)28)32-21(35)10-39-22-19(30)6-11(7-20(22)31)5-14-23(36)33-25(38)34(24(14)37)13-2-4-16(27)18(29)9-13/h1-9H,10H2,(H,32,35)(H,33,36,38)/b14-5-. The average molecular weight is 648 g/mol. The zero-order valence-electron chi connectivity index (χ0n) is 19.2. The number of anilines is 2. The normalized spacial score (nSPS) is 14.5. The Kier molecular flexibility index (Phi) is 8.96. The van der Waals surface area contributed by atoms with Gasteiger partial charge in [0.1, 0.15) is 5.57 Å². The molecule has 14 heteroatoms. The maximum absolute atomic E-state index is 13.1. The van der Waals surface area contributed by atoms with E-state index in [-0.39, 0.29) is 47.7 Å². The number of nitrogens with zero attached hydrogens (tertiary/aromatic N) is 1. The van der Waals surface area contributed by atoms with Crippen LogP contribution in [0.25, 0.3) is 6.08 Å². The molecule has 200 valence electrons. The first-order chi connectivity index (χ1) is 18.4. The number of rotatable bonds is 6. The predicted molar refractivity (Wildman–Crippen MR) is 153 cm³/mol. The fourth-order valence-corrected chi connectivity index (χ4v) is 4.60. The summed E-state index contributed by atoms with van der Waals surface area (Å²) < 4.78 is 5.47. The van der Waals surface area contributed by atoms with E-state index in [4.69, 9.17) is 74.3 Å². The second kappa shape index (κ2) is 12.0. The lowest BCUT2D eigenvalue weighted by atomic mass is 10.1. The van der Waals surface area contributed by atoms with Gasteiger partial charge in [0.25, 0.3) is 17.7 Å². The number of hydrogen-bond acceptors (Lipinski definition) is 5. The van der Waals surface area contributed by atoms with Crippen molar-refractivity contribution in [2.24, 2.45) is 0 Å². The van der Waals surface area contributed by atoms with Crippen LogP contribution in [0, 0.1) is 0 Å². The number of barbiturate groups is 1. The minimum absolute atomic E-state index is 0.00207. The Hall–Kier alpha value is -2.98. The maximum atomic E-state index is 13.1. The van der Waals surface area contributed by atoms with Crippen molar-refractivity contribution in [3.63, 3.8) is 0 Å². The molecule has 4 rings (SSSR count). The van der Waals surface area contributed by atoms with Crippen LogP contribution in [0.1, 0.15) is 5.56 Å². The Bertz CT molecular complexity index is 1550. The summed E-state index contributed by atoms with van der Waals surface area (Å²) in [7, 11) is 0. The van der Waals surface area contributed by atoms with Gasteiger partial charge in [0, 0.05) is 5.69 Å². The molecular formula is C25H13Cl6N3O5. The molecule has 0 bridgehead atoms. The lowest BCUT2D eigenvalue weighted by molar-refractivity contribution is -0.122. The number of nitrogens with one attached hydrogen (secondary N) is 2. The first kappa shape index (κ1) is 29.0. The Morgan fingerprint density at radius 1 is 0.821 bits per heavy atom. The molecule has 0 radical (unpaired) electrons. The molecule has 0 aromatic heterocycles. The molecule has 3 aromatic carbocycles. The van der Waals surface area contributed by atoms with Crippen LogP contribution in [-0.4, -0.2) is 30.4 Å². The fraction of sp³-hybridized carbons (Fsp3) is 0.0400. The van der Waals surface area contributed by atoms with Crippen LogP contribution in [0.5, 0.6) is 5.75 Å². The first-order valence-corrected chi connectivity index (χ1v) is 12.9. The third kappa shape index (κ3) is 6.61. The Morgan fingerprint density at radius 2 is 1.44 bits per heavy atom. The van der Waals surface area contributed by atoms with Gasteiger partial charge in [-0.25, -0.2) is 9.69 Å². The second-order valence-electron chi connectivity index (χ2n) is 7.84. The molecule has 1 saturated heterocycles. The van der Waals surface area contributed by atoms with Crippen LogP contribution in [0.4, 0.5) is 16.2 Å². The number of halogens is 6. The Labute approximate surface area is 251 Å². The van der Waals surface area contributed by atoms with E-state index in [0.717, 1.165) is 4.90 Å². The largest absolute Gasteiger partial charge is 0.481 e. The summed E-state index contributed by atoms with van der Waals surface area (Å²) in [6, 6.07) is 10.5. The Balaban J connectivity index is 1.52. The van der Waals surface area contributed by atoms with Crippen LogP contribution in [-0.2, 0) is 14.4 Å². The van der Waals surface area contributed by atoms with Gasteiger partial charge in [-0.1, -0.05) is 69.6 Å². The Morgan fingerprint density at radius 3 is 2.05 bits per heavy atom. The van der Waals surface area contributed by atoms with Gasteiger partial charge < -0.3 is 10.1 Å². The summed E-state index contributed by atoms with van der Waals surface area (Å²) in [4.78, 5) is 51.0. The molecular weight excluding hydrogens is 635 g/mol. The topological polar surface area (TPSA) is 105 Å². The van der Waals surface area contributed by atoms with Crippen molar-refractivity contribution in [2.45, 2.75) is 0 Å². The van der Waals surface area contributed by atoms with Crippen molar-refractivity contribution in [2.75, 3.05) is 16.8 Å². The number of benzene rings is 3. The molecule has 1 aliphatic rings. The van der Waals surface area contributed by atoms with Crippen LogP contribution >= 0.6 is 69.6 Å². The number of urea groups is 1. The van der Waals surface area contributed by atoms with E-state index in [1.807, 2.05) is 0 Å². The smallest absolute Gasteiger partial charge is 0.335 e. The van der Waals surface area contributed by atoms with Crippen LogP contribution in [0.3, 0.4) is 0 Å². The van der Waals surface area contributed by atoms with Gasteiger partial charge in [-0.15, -0.1) is 0 Å². The van der Waals surface area contributed by atoms with E-state index in [1.54, 1.807) is 6.07 Å². The van der Waals surface area contributed by atoms with Crippen LogP contribution in [0.2, 0.25) is 30.1 Å². The van der Waals surface area contributed by atoms with Crippen molar-refractivity contribution in [1.29, 1.82) is 0 Å². The average Bonchev–Trinajstić information content (AvgIpc) is 2.85.